The van der Waals surface area contributed by atoms with Gasteiger partial charge in [-0.1, -0.05) is 66.7 Å². The van der Waals surface area contributed by atoms with Crippen molar-refractivity contribution >= 4 is 27.6 Å². The van der Waals surface area contributed by atoms with Crippen molar-refractivity contribution in [1.82, 2.24) is 4.98 Å². The van der Waals surface area contributed by atoms with Crippen molar-refractivity contribution in [3.63, 3.8) is 0 Å². The lowest BCUT2D eigenvalue weighted by atomic mass is 9.96. The number of pyridine rings is 1. The minimum atomic E-state index is 0.856. The monoisotopic (exact) mass is 335 g/mol. The topological polar surface area (TPSA) is 12.9 Å². The van der Waals surface area contributed by atoms with Crippen LogP contribution in [0.2, 0.25) is 0 Å². The number of rotatable bonds is 3. The third-order valence-corrected chi connectivity index (χ3v) is 3.92. The molecule has 0 saturated heterocycles. The maximum absolute atomic E-state index is 4.29. The van der Waals surface area contributed by atoms with Crippen molar-refractivity contribution in [1.29, 1.82) is 0 Å². The van der Waals surface area contributed by atoms with Crippen LogP contribution in [0.4, 0.5) is 0 Å². The molecule has 0 aliphatic rings. The Morgan fingerprint density at radius 1 is 0.762 bits per heavy atom. The molecule has 1 nitrogen and oxygen atoms in total. The minimum absolute atomic E-state index is 0.856. The summed E-state index contributed by atoms with van der Waals surface area (Å²) in [6, 6.07) is 24.8. The molecule has 1 aromatic heterocycles. The van der Waals surface area contributed by atoms with E-state index in [1.165, 1.54) is 16.7 Å². The van der Waals surface area contributed by atoms with Gasteiger partial charge in [0.25, 0.3) is 0 Å². The average molecular weight is 336 g/mol. The van der Waals surface area contributed by atoms with E-state index < -0.39 is 0 Å². The van der Waals surface area contributed by atoms with Gasteiger partial charge >= 0.3 is 0 Å². The van der Waals surface area contributed by atoms with Crippen LogP contribution in [0.3, 0.4) is 0 Å². The Kier molecular flexibility index (Phi) is 4.27. The van der Waals surface area contributed by atoms with Crippen molar-refractivity contribution in [3.8, 4) is 0 Å². The van der Waals surface area contributed by atoms with E-state index in [4.69, 9.17) is 0 Å². The van der Waals surface area contributed by atoms with Crippen LogP contribution >= 0.6 is 15.9 Å². The first-order valence-electron chi connectivity index (χ1n) is 6.77. The third kappa shape index (κ3) is 3.29. The highest BCUT2D eigenvalue weighted by Gasteiger charge is 2.06. The predicted molar refractivity (Wildman–Crippen MR) is 91.8 cm³/mol. The van der Waals surface area contributed by atoms with Gasteiger partial charge < -0.3 is 0 Å². The molecule has 0 saturated carbocycles. The Labute approximate surface area is 133 Å². The van der Waals surface area contributed by atoms with Crippen molar-refractivity contribution < 1.29 is 0 Å². The largest absolute Gasteiger partial charge is 0.249 e. The first kappa shape index (κ1) is 13.8. The molecule has 0 atom stereocenters. The molecule has 0 aliphatic carbocycles. The Bertz CT molecular complexity index is 707. The number of aromatic nitrogens is 1. The summed E-state index contributed by atoms with van der Waals surface area (Å²) in [7, 11) is 0. The highest BCUT2D eigenvalue weighted by molar-refractivity contribution is 9.10. The van der Waals surface area contributed by atoms with Crippen molar-refractivity contribution in [3.05, 3.63) is 100 Å². The highest BCUT2D eigenvalue weighted by atomic mass is 79.9. The van der Waals surface area contributed by atoms with Crippen LogP contribution in [0, 0.1) is 0 Å². The molecule has 102 valence electrons. The van der Waals surface area contributed by atoms with Gasteiger partial charge in [0.1, 0.15) is 4.60 Å². The van der Waals surface area contributed by atoms with Gasteiger partial charge in [0.2, 0.25) is 0 Å². The summed E-state index contributed by atoms with van der Waals surface area (Å²) in [5.41, 5.74) is 4.64. The second-order valence-electron chi connectivity index (χ2n) is 4.67. The number of nitrogens with zero attached hydrogens (tertiary/aromatic N) is 1. The fourth-order valence-electron chi connectivity index (χ4n) is 2.23. The van der Waals surface area contributed by atoms with Gasteiger partial charge in [-0.3, -0.25) is 0 Å². The Morgan fingerprint density at radius 3 is 1.86 bits per heavy atom. The third-order valence-electron chi connectivity index (χ3n) is 3.26. The number of benzene rings is 2. The van der Waals surface area contributed by atoms with Gasteiger partial charge in [0, 0.05) is 11.8 Å². The summed E-state index contributed by atoms with van der Waals surface area (Å²) in [5.74, 6) is 0. The molecular formula is C19H14BrN. The summed E-state index contributed by atoms with van der Waals surface area (Å²) >= 11 is 3.51. The molecule has 3 rings (SSSR count). The zero-order chi connectivity index (χ0) is 14.5. The van der Waals surface area contributed by atoms with E-state index >= 15 is 0 Å². The molecule has 0 aliphatic heterocycles. The van der Waals surface area contributed by atoms with Gasteiger partial charge in [0.05, 0.1) is 0 Å². The van der Waals surface area contributed by atoms with E-state index in [0.717, 1.165) is 10.2 Å². The van der Waals surface area contributed by atoms with Crippen LogP contribution in [-0.4, -0.2) is 4.98 Å². The molecule has 21 heavy (non-hydrogen) atoms. The Hall–Kier alpha value is -2.19. The highest BCUT2D eigenvalue weighted by Crippen LogP contribution is 2.27. The van der Waals surface area contributed by atoms with Crippen molar-refractivity contribution in [2.45, 2.75) is 0 Å². The lowest BCUT2D eigenvalue weighted by molar-refractivity contribution is 1.26. The molecule has 0 spiro atoms. The smallest absolute Gasteiger partial charge is 0.113 e. The molecule has 1 heterocycles. The summed E-state index contributed by atoms with van der Waals surface area (Å²) < 4.78 is 0.856. The molecule has 2 aromatic carbocycles. The number of halogens is 1. The van der Waals surface area contributed by atoms with Gasteiger partial charge in [-0.2, -0.15) is 0 Å². The van der Waals surface area contributed by atoms with Crippen LogP contribution in [0.1, 0.15) is 16.7 Å². The molecule has 0 fully saturated rings. The van der Waals surface area contributed by atoms with E-state index in [-0.39, 0.29) is 0 Å². The molecule has 0 bridgehead atoms. The summed E-state index contributed by atoms with van der Waals surface area (Å²) in [4.78, 5) is 4.29. The van der Waals surface area contributed by atoms with E-state index in [9.17, 15) is 0 Å². The van der Waals surface area contributed by atoms with Crippen LogP contribution in [0.5, 0.6) is 0 Å². The van der Waals surface area contributed by atoms with Crippen LogP contribution in [0.25, 0.3) is 11.6 Å². The van der Waals surface area contributed by atoms with E-state index in [1.54, 1.807) is 6.20 Å². The number of hydrogen-bond donors (Lipinski definition) is 0. The van der Waals surface area contributed by atoms with Gasteiger partial charge in [-0.15, -0.1) is 0 Å². The van der Waals surface area contributed by atoms with Gasteiger partial charge in [-0.05, 0) is 44.8 Å². The molecule has 0 unspecified atom stereocenters. The summed E-state index contributed by atoms with van der Waals surface area (Å²) in [5, 5.41) is 0. The molecule has 0 radical (unpaired) electrons. The maximum Gasteiger partial charge on any atom is 0.113 e. The van der Waals surface area contributed by atoms with Crippen LogP contribution in [0.15, 0.2) is 83.6 Å². The van der Waals surface area contributed by atoms with E-state index in [0.29, 0.717) is 0 Å². The van der Waals surface area contributed by atoms with Crippen molar-refractivity contribution in [2.75, 3.05) is 0 Å². The quantitative estimate of drug-likeness (QED) is 0.581. The lowest BCUT2D eigenvalue weighted by Crippen LogP contribution is -1.89. The molecule has 3 aromatic rings. The average Bonchev–Trinajstić information content (AvgIpc) is 2.56. The van der Waals surface area contributed by atoms with Gasteiger partial charge in [-0.25, -0.2) is 4.98 Å². The zero-order valence-corrected chi connectivity index (χ0v) is 13.0. The van der Waals surface area contributed by atoms with E-state index in [1.807, 2.05) is 18.2 Å². The first-order valence-corrected chi connectivity index (χ1v) is 7.57. The number of hydrogen-bond acceptors (Lipinski definition) is 1. The van der Waals surface area contributed by atoms with E-state index in [2.05, 4.69) is 81.6 Å². The van der Waals surface area contributed by atoms with Crippen molar-refractivity contribution in [2.24, 2.45) is 0 Å². The van der Waals surface area contributed by atoms with Crippen LogP contribution in [-0.2, 0) is 0 Å². The standard InChI is InChI=1S/C19H14BrN/c20-19-17(12-7-13-21-19)14-18(15-8-3-1-4-9-15)16-10-5-2-6-11-16/h1-14H. The Morgan fingerprint density at radius 2 is 1.33 bits per heavy atom. The Balaban J connectivity index is 2.16. The molecule has 2 heteroatoms. The SMILES string of the molecule is Brc1ncccc1C=C(c1ccccc1)c1ccccc1. The second-order valence-corrected chi connectivity index (χ2v) is 5.42. The maximum atomic E-state index is 4.29. The summed E-state index contributed by atoms with van der Waals surface area (Å²) in [6.45, 7) is 0. The fraction of sp³-hybridized carbons (Fsp3) is 0. The molecular weight excluding hydrogens is 322 g/mol. The second kappa shape index (κ2) is 6.51. The molecule has 0 N–H and O–H groups in total. The minimum Gasteiger partial charge on any atom is -0.249 e. The lowest BCUT2D eigenvalue weighted by Gasteiger charge is -2.09. The fourth-order valence-corrected chi connectivity index (χ4v) is 2.60. The summed E-state index contributed by atoms with van der Waals surface area (Å²) in [6.07, 6.45) is 3.95. The van der Waals surface area contributed by atoms with Crippen LogP contribution < -0.4 is 0 Å². The van der Waals surface area contributed by atoms with Gasteiger partial charge in [0.15, 0.2) is 0 Å². The molecule has 0 amide bonds. The zero-order valence-electron chi connectivity index (χ0n) is 11.4. The first-order chi connectivity index (χ1) is 10.3. The normalized spacial score (nSPS) is 10.1. The predicted octanol–water partition coefficient (Wildman–Crippen LogP) is 5.43.